The Morgan fingerprint density at radius 1 is 1.00 bits per heavy atom. The molecule has 0 heterocycles. The number of nitro groups is 2. The van der Waals surface area contributed by atoms with Crippen LogP contribution in [0.3, 0.4) is 0 Å². The van der Waals surface area contributed by atoms with E-state index >= 15 is 0 Å². The van der Waals surface area contributed by atoms with Gasteiger partial charge in [0.15, 0.2) is 0 Å². The van der Waals surface area contributed by atoms with Crippen molar-refractivity contribution in [1.82, 2.24) is 4.90 Å². The molecule has 2 aromatic carbocycles. The SMILES string of the molecule is CN(Cc1cc([N+](=O)[O-])ccc1Cl)C(=O)c1cc([N+](=O)[O-])ccc1Cl. The van der Waals surface area contributed by atoms with E-state index in [0.717, 1.165) is 6.07 Å². The van der Waals surface area contributed by atoms with E-state index in [-0.39, 0.29) is 33.5 Å². The van der Waals surface area contributed by atoms with Gasteiger partial charge >= 0.3 is 0 Å². The zero-order valence-electron chi connectivity index (χ0n) is 12.8. The normalized spacial score (nSPS) is 10.4. The van der Waals surface area contributed by atoms with Crippen molar-refractivity contribution >= 4 is 40.5 Å². The van der Waals surface area contributed by atoms with Crippen LogP contribution >= 0.6 is 23.2 Å². The van der Waals surface area contributed by atoms with Crippen LogP contribution in [0.2, 0.25) is 10.0 Å². The first kappa shape index (κ1) is 18.6. The van der Waals surface area contributed by atoms with Crippen molar-refractivity contribution in [2.45, 2.75) is 6.54 Å². The Labute approximate surface area is 151 Å². The summed E-state index contributed by atoms with van der Waals surface area (Å²) in [7, 11) is 1.44. The number of carbonyl (C=O) groups excluding carboxylic acids is 1. The van der Waals surface area contributed by atoms with Crippen molar-refractivity contribution in [1.29, 1.82) is 0 Å². The highest BCUT2D eigenvalue weighted by molar-refractivity contribution is 6.34. The van der Waals surface area contributed by atoms with Crippen LogP contribution in [-0.2, 0) is 6.54 Å². The number of hydrogen-bond acceptors (Lipinski definition) is 5. The third-order valence-electron chi connectivity index (χ3n) is 3.39. The van der Waals surface area contributed by atoms with Gasteiger partial charge in [0, 0.05) is 42.9 Å². The molecule has 0 bridgehead atoms. The minimum Gasteiger partial charge on any atom is -0.337 e. The Kier molecular flexibility index (Phi) is 5.55. The molecule has 0 unspecified atom stereocenters. The third kappa shape index (κ3) is 4.23. The number of amides is 1. The smallest absolute Gasteiger partial charge is 0.270 e. The first-order valence-corrected chi connectivity index (χ1v) is 7.58. The molecule has 0 aliphatic heterocycles. The second-order valence-corrected chi connectivity index (χ2v) is 5.93. The maximum atomic E-state index is 12.5. The van der Waals surface area contributed by atoms with E-state index in [1.54, 1.807) is 0 Å². The number of hydrogen-bond donors (Lipinski definition) is 0. The fraction of sp³-hybridized carbons (Fsp3) is 0.133. The lowest BCUT2D eigenvalue weighted by Gasteiger charge is -2.18. The number of nitrogens with zero attached hydrogens (tertiary/aromatic N) is 3. The molecular weight excluding hydrogens is 373 g/mol. The maximum absolute atomic E-state index is 12.5. The van der Waals surface area contributed by atoms with Gasteiger partial charge < -0.3 is 4.90 Å². The molecular formula is C15H11Cl2N3O5. The highest BCUT2D eigenvalue weighted by Gasteiger charge is 2.20. The first-order chi connectivity index (χ1) is 11.7. The predicted octanol–water partition coefficient (Wildman–Crippen LogP) is 4.08. The van der Waals surface area contributed by atoms with E-state index in [2.05, 4.69) is 0 Å². The molecule has 0 saturated carbocycles. The van der Waals surface area contributed by atoms with Gasteiger partial charge in [-0.05, 0) is 17.7 Å². The van der Waals surface area contributed by atoms with Crippen LogP contribution in [0.1, 0.15) is 15.9 Å². The molecule has 0 spiro atoms. The Bertz CT molecular complexity index is 872. The van der Waals surface area contributed by atoms with Crippen LogP contribution in [-0.4, -0.2) is 27.7 Å². The van der Waals surface area contributed by atoms with E-state index < -0.39 is 15.8 Å². The largest absolute Gasteiger partial charge is 0.337 e. The molecule has 8 nitrogen and oxygen atoms in total. The molecule has 0 N–H and O–H groups in total. The molecule has 2 aromatic rings. The van der Waals surface area contributed by atoms with Gasteiger partial charge in [0.1, 0.15) is 0 Å². The molecule has 25 heavy (non-hydrogen) atoms. The van der Waals surface area contributed by atoms with Gasteiger partial charge in [-0.25, -0.2) is 0 Å². The van der Waals surface area contributed by atoms with Crippen LogP contribution < -0.4 is 0 Å². The number of rotatable bonds is 5. The third-order valence-corrected chi connectivity index (χ3v) is 4.08. The summed E-state index contributed by atoms with van der Waals surface area (Å²) in [6.45, 7) is -0.0294. The monoisotopic (exact) mass is 383 g/mol. The Morgan fingerprint density at radius 3 is 2.08 bits per heavy atom. The van der Waals surface area contributed by atoms with Crippen molar-refractivity contribution < 1.29 is 14.6 Å². The summed E-state index contributed by atoms with van der Waals surface area (Å²) in [6.07, 6.45) is 0. The molecule has 0 aliphatic carbocycles. The molecule has 0 aromatic heterocycles. The molecule has 2 rings (SSSR count). The minimum absolute atomic E-state index is 0.0294. The zero-order chi connectivity index (χ0) is 18.7. The van der Waals surface area contributed by atoms with E-state index in [0.29, 0.717) is 5.56 Å². The second-order valence-electron chi connectivity index (χ2n) is 5.12. The van der Waals surface area contributed by atoms with Gasteiger partial charge in [0.05, 0.1) is 20.4 Å². The first-order valence-electron chi connectivity index (χ1n) is 6.83. The average Bonchev–Trinajstić information content (AvgIpc) is 2.56. The van der Waals surface area contributed by atoms with Crippen molar-refractivity contribution in [3.05, 3.63) is 77.8 Å². The highest BCUT2D eigenvalue weighted by Crippen LogP contribution is 2.26. The lowest BCUT2D eigenvalue weighted by Crippen LogP contribution is -2.26. The lowest BCUT2D eigenvalue weighted by atomic mass is 10.1. The van der Waals surface area contributed by atoms with Gasteiger partial charge in [0.25, 0.3) is 17.3 Å². The van der Waals surface area contributed by atoms with E-state index in [1.165, 1.54) is 42.3 Å². The molecule has 0 fully saturated rings. The molecule has 130 valence electrons. The van der Waals surface area contributed by atoms with E-state index in [1.807, 2.05) is 0 Å². The molecule has 1 amide bonds. The van der Waals surface area contributed by atoms with Crippen LogP contribution in [0.5, 0.6) is 0 Å². The zero-order valence-corrected chi connectivity index (χ0v) is 14.3. The topological polar surface area (TPSA) is 107 Å². The molecule has 0 saturated heterocycles. The summed E-state index contributed by atoms with van der Waals surface area (Å²) in [6, 6.07) is 7.42. The van der Waals surface area contributed by atoms with Crippen LogP contribution in [0.25, 0.3) is 0 Å². The number of nitro benzene ring substituents is 2. The summed E-state index contributed by atoms with van der Waals surface area (Å²) in [5, 5.41) is 22.0. The molecule has 0 aliphatic rings. The van der Waals surface area contributed by atoms with Crippen LogP contribution in [0.15, 0.2) is 36.4 Å². The fourth-order valence-electron chi connectivity index (χ4n) is 2.12. The van der Waals surface area contributed by atoms with Crippen molar-refractivity contribution in [3.8, 4) is 0 Å². The van der Waals surface area contributed by atoms with Crippen molar-refractivity contribution in [2.75, 3.05) is 7.05 Å². The van der Waals surface area contributed by atoms with Gasteiger partial charge in [-0.3, -0.25) is 25.0 Å². The quantitative estimate of drug-likeness (QED) is 0.570. The predicted molar refractivity (Wildman–Crippen MR) is 92.0 cm³/mol. The summed E-state index contributed by atoms with van der Waals surface area (Å²) in [5.74, 6) is -0.573. The average molecular weight is 384 g/mol. The maximum Gasteiger partial charge on any atom is 0.270 e. The van der Waals surface area contributed by atoms with E-state index in [4.69, 9.17) is 23.2 Å². The number of halogens is 2. The van der Waals surface area contributed by atoms with Gasteiger partial charge in [-0.15, -0.1) is 0 Å². The molecule has 10 heteroatoms. The van der Waals surface area contributed by atoms with E-state index in [9.17, 15) is 25.0 Å². The summed E-state index contributed by atoms with van der Waals surface area (Å²) in [4.78, 5) is 34.2. The van der Waals surface area contributed by atoms with Crippen molar-refractivity contribution in [2.24, 2.45) is 0 Å². The Hall–Kier alpha value is -2.71. The van der Waals surface area contributed by atoms with Gasteiger partial charge in [0.2, 0.25) is 0 Å². The van der Waals surface area contributed by atoms with Crippen LogP contribution in [0, 0.1) is 20.2 Å². The lowest BCUT2D eigenvalue weighted by molar-refractivity contribution is -0.385. The Morgan fingerprint density at radius 2 is 1.52 bits per heavy atom. The number of non-ortho nitro benzene ring substituents is 2. The highest BCUT2D eigenvalue weighted by atomic mass is 35.5. The van der Waals surface area contributed by atoms with Crippen molar-refractivity contribution in [3.63, 3.8) is 0 Å². The van der Waals surface area contributed by atoms with Gasteiger partial charge in [-0.1, -0.05) is 23.2 Å². The van der Waals surface area contributed by atoms with Gasteiger partial charge in [-0.2, -0.15) is 0 Å². The van der Waals surface area contributed by atoms with Crippen LogP contribution in [0.4, 0.5) is 11.4 Å². The fourth-order valence-corrected chi connectivity index (χ4v) is 2.50. The number of carbonyl (C=O) groups is 1. The minimum atomic E-state index is -0.634. The second kappa shape index (κ2) is 7.45. The summed E-state index contributed by atoms with van der Waals surface area (Å²) < 4.78 is 0. The Balaban J connectivity index is 2.30. The number of benzene rings is 2. The standard InChI is InChI=1S/C15H11Cl2N3O5/c1-18(8-9-6-10(19(22)23)2-4-13(9)16)15(21)12-7-11(20(24)25)3-5-14(12)17/h2-7H,8H2,1H3. The summed E-state index contributed by atoms with van der Waals surface area (Å²) >= 11 is 12.0. The molecule has 0 radical (unpaired) electrons. The molecule has 0 atom stereocenters. The summed E-state index contributed by atoms with van der Waals surface area (Å²) in [5.41, 5.74) is -0.101.